The second kappa shape index (κ2) is 3.22. The lowest BCUT2D eigenvalue weighted by Crippen LogP contribution is -1.99. The van der Waals surface area contributed by atoms with Crippen LogP contribution in [0.5, 0.6) is 0 Å². The lowest BCUT2D eigenvalue weighted by molar-refractivity contribution is 0.464. The number of nitrogens with two attached hydrogens (primary N) is 1. The van der Waals surface area contributed by atoms with Crippen molar-refractivity contribution in [2.75, 3.05) is 5.73 Å². The number of rotatable bonds is 1. The number of nitrogen functional groups attached to an aromatic ring is 1. The minimum atomic E-state index is -4.43. The van der Waals surface area contributed by atoms with E-state index in [0.717, 1.165) is 0 Å². The first kappa shape index (κ1) is 9.95. The fraction of sp³-hybridized carbons (Fsp3) is 0. The molecular formula is C10H8NO3S-. The zero-order valence-corrected chi connectivity index (χ0v) is 8.49. The summed E-state index contributed by atoms with van der Waals surface area (Å²) in [6.07, 6.45) is 0. The molecule has 15 heavy (non-hydrogen) atoms. The molecule has 5 heteroatoms. The smallest absolute Gasteiger partial charge is 0.125 e. The molecule has 0 saturated carbocycles. The highest BCUT2D eigenvalue weighted by atomic mass is 32.2. The first-order valence-electron chi connectivity index (χ1n) is 4.22. The van der Waals surface area contributed by atoms with Crippen LogP contribution in [0.1, 0.15) is 0 Å². The van der Waals surface area contributed by atoms with Crippen LogP contribution in [0.3, 0.4) is 0 Å². The summed E-state index contributed by atoms with van der Waals surface area (Å²) in [6, 6.07) is 9.25. The predicted molar refractivity (Wildman–Crippen MR) is 56.3 cm³/mol. The lowest BCUT2D eigenvalue weighted by atomic mass is 10.1. The zero-order chi connectivity index (χ0) is 11.1. The number of hydrogen-bond donors (Lipinski definition) is 1. The second-order valence-electron chi connectivity index (χ2n) is 3.19. The molecule has 0 aromatic heterocycles. The number of anilines is 1. The van der Waals surface area contributed by atoms with Gasteiger partial charge in [0.25, 0.3) is 0 Å². The van der Waals surface area contributed by atoms with Gasteiger partial charge in [0.1, 0.15) is 10.1 Å². The van der Waals surface area contributed by atoms with Gasteiger partial charge in [-0.3, -0.25) is 0 Å². The van der Waals surface area contributed by atoms with Crippen LogP contribution in [0.15, 0.2) is 41.3 Å². The Bertz CT molecular complexity index is 620. The SMILES string of the molecule is Nc1ccc2c(S(=O)(=O)[O-])cccc2c1. The molecule has 0 amide bonds. The molecule has 2 rings (SSSR count). The molecule has 0 fully saturated rings. The van der Waals surface area contributed by atoms with E-state index in [9.17, 15) is 13.0 Å². The van der Waals surface area contributed by atoms with Crippen LogP contribution in [0.25, 0.3) is 10.8 Å². The molecule has 0 atom stereocenters. The molecule has 0 heterocycles. The van der Waals surface area contributed by atoms with E-state index in [2.05, 4.69) is 0 Å². The van der Waals surface area contributed by atoms with Crippen LogP contribution in [0.2, 0.25) is 0 Å². The Labute approximate surface area is 87.1 Å². The van der Waals surface area contributed by atoms with Gasteiger partial charge >= 0.3 is 0 Å². The maximum Gasteiger partial charge on any atom is 0.125 e. The molecule has 0 spiro atoms. The van der Waals surface area contributed by atoms with E-state index in [4.69, 9.17) is 5.73 Å². The van der Waals surface area contributed by atoms with Crippen molar-refractivity contribution in [3.05, 3.63) is 36.4 Å². The first-order valence-corrected chi connectivity index (χ1v) is 5.63. The number of benzene rings is 2. The first-order chi connectivity index (χ1) is 6.98. The van der Waals surface area contributed by atoms with Crippen molar-refractivity contribution in [3.63, 3.8) is 0 Å². The Balaban J connectivity index is 2.89. The molecule has 2 aromatic carbocycles. The maximum absolute atomic E-state index is 10.9. The molecule has 0 aliphatic rings. The van der Waals surface area contributed by atoms with Gasteiger partial charge in [-0.05, 0) is 29.0 Å². The number of fused-ring (bicyclic) bond motifs is 1. The zero-order valence-electron chi connectivity index (χ0n) is 7.67. The van der Waals surface area contributed by atoms with Crippen molar-refractivity contribution in [3.8, 4) is 0 Å². The minimum absolute atomic E-state index is 0.208. The van der Waals surface area contributed by atoms with Gasteiger partial charge in [0, 0.05) is 5.69 Å². The molecule has 78 valence electrons. The summed E-state index contributed by atoms with van der Waals surface area (Å²) in [6.45, 7) is 0. The Morgan fingerprint density at radius 3 is 2.53 bits per heavy atom. The molecule has 2 aromatic rings. The summed E-state index contributed by atoms with van der Waals surface area (Å²) < 4.78 is 32.8. The molecule has 0 saturated heterocycles. The van der Waals surface area contributed by atoms with E-state index in [1.807, 2.05) is 0 Å². The average molecular weight is 222 g/mol. The highest BCUT2D eigenvalue weighted by Gasteiger charge is 2.06. The van der Waals surface area contributed by atoms with Crippen LogP contribution in [-0.2, 0) is 10.1 Å². The molecule has 0 aliphatic carbocycles. The molecule has 4 nitrogen and oxygen atoms in total. The normalized spacial score (nSPS) is 11.8. The van der Waals surface area contributed by atoms with Crippen LogP contribution in [-0.4, -0.2) is 13.0 Å². The summed E-state index contributed by atoms with van der Waals surface area (Å²) in [5.74, 6) is 0. The quantitative estimate of drug-likeness (QED) is 0.582. The van der Waals surface area contributed by atoms with E-state index in [1.54, 1.807) is 18.2 Å². The fourth-order valence-corrected chi connectivity index (χ4v) is 2.19. The van der Waals surface area contributed by atoms with Crippen molar-refractivity contribution >= 4 is 26.6 Å². The highest BCUT2D eigenvalue weighted by Crippen LogP contribution is 2.24. The summed E-state index contributed by atoms with van der Waals surface area (Å²) >= 11 is 0. The van der Waals surface area contributed by atoms with E-state index < -0.39 is 10.1 Å². The van der Waals surface area contributed by atoms with E-state index in [0.29, 0.717) is 16.5 Å². The monoisotopic (exact) mass is 222 g/mol. The van der Waals surface area contributed by atoms with Gasteiger partial charge in [0.15, 0.2) is 0 Å². The third kappa shape index (κ3) is 1.79. The summed E-state index contributed by atoms with van der Waals surface area (Å²) in [7, 11) is -4.43. The Morgan fingerprint density at radius 2 is 1.87 bits per heavy atom. The average Bonchev–Trinajstić information content (AvgIpc) is 2.15. The van der Waals surface area contributed by atoms with Gasteiger partial charge in [-0.1, -0.05) is 18.2 Å². The summed E-state index contributed by atoms with van der Waals surface area (Å²) in [5.41, 5.74) is 6.09. The second-order valence-corrected chi connectivity index (χ2v) is 4.54. The Morgan fingerprint density at radius 1 is 1.13 bits per heavy atom. The van der Waals surface area contributed by atoms with Crippen molar-refractivity contribution < 1.29 is 13.0 Å². The van der Waals surface area contributed by atoms with Gasteiger partial charge in [0.2, 0.25) is 0 Å². The van der Waals surface area contributed by atoms with Crippen LogP contribution in [0.4, 0.5) is 5.69 Å². The third-order valence-electron chi connectivity index (χ3n) is 2.13. The molecule has 0 bridgehead atoms. The fourth-order valence-electron chi connectivity index (χ4n) is 1.49. The molecule has 0 radical (unpaired) electrons. The molecule has 0 unspecified atom stereocenters. The molecule has 2 N–H and O–H groups in total. The van der Waals surface area contributed by atoms with Crippen molar-refractivity contribution in [1.29, 1.82) is 0 Å². The van der Waals surface area contributed by atoms with Crippen molar-refractivity contribution in [1.82, 2.24) is 0 Å². The van der Waals surface area contributed by atoms with E-state index in [1.165, 1.54) is 18.2 Å². The summed E-state index contributed by atoms with van der Waals surface area (Å²) in [4.78, 5) is -0.208. The van der Waals surface area contributed by atoms with Gasteiger partial charge in [-0.15, -0.1) is 0 Å². The molecule has 0 aliphatic heterocycles. The predicted octanol–water partition coefficient (Wildman–Crippen LogP) is 1.33. The molecular weight excluding hydrogens is 214 g/mol. The Hall–Kier alpha value is -1.59. The van der Waals surface area contributed by atoms with Crippen molar-refractivity contribution in [2.45, 2.75) is 4.90 Å². The van der Waals surface area contributed by atoms with Crippen molar-refractivity contribution in [2.24, 2.45) is 0 Å². The third-order valence-corrected chi connectivity index (χ3v) is 3.03. The lowest BCUT2D eigenvalue weighted by Gasteiger charge is -2.10. The maximum atomic E-state index is 10.9. The van der Waals surface area contributed by atoms with E-state index >= 15 is 0 Å². The van der Waals surface area contributed by atoms with Crippen LogP contribution in [0, 0.1) is 0 Å². The van der Waals surface area contributed by atoms with Gasteiger partial charge in [-0.2, -0.15) is 0 Å². The summed E-state index contributed by atoms with van der Waals surface area (Å²) in [5, 5.41) is 1.05. The van der Waals surface area contributed by atoms with Gasteiger partial charge < -0.3 is 10.3 Å². The topological polar surface area (TPSA) is 83.2 Å². The Kier molecular flexibility index (Phi) is 2.13. The van der Waals surface area contributed by atoms with Gasteiger partial charge in [0.05, 0.1) is 4.90 Å². The standard InChI is InChI=1S/C10H9NO3S/c11-8-4-5-9-7(6-8)2-1-3-10(9)15(12,13)14/h1-6H,11H2,(H,12,13,14)/p-1. The van der Waals surface area contributed by atoms with Crippen LogP contribution >= 0.6 is 0 Å². The number of hydrogen-bond acceptors (Lipinski definition) is 4. The van der Waals surface area contributed by atoms with Gasteiger partial charge in [-0.25, -0.2) is 8.42 Å². The minimum Gasteiger partial charge on any atom is -0.744 e. The largest absolute Gasteiger partial charge is 0.744 e. The highest BCUT2D eigenvalue weighted by molar-refractivity contribution is 7.86. The van der Waals surface area contributed by atoms with E-state index in [-0.39, 0.29) is 4.90 Å². The van der Waals surface area contributed by atoms with Crippen LogP contribution < -0.4 is 5.73 Å².